The summed E-state index contributed by atoms with van der Waals surface area (Å²) in [6, 6.07) is 13.6. The second kappa shape index (κ2) is 8.64. The smallest absolute Gasteiger partial charge is 0.266 e. The third kappa shape index (κ3) is 4.01. The van der Waals surface area contributed by atoms with Crippen molar-refractivity contribution in [3.05, 3.63) is 63.9 Å². The fourth-order valence-electron chi connectivity index (χ4n) is 3.98. The zero-order valence-electron chi connectivity index (χ0n) is 17.7. The van der Waals surface area contributed by atoms with Crippen LogP contribution in [0, 0.1) is 13.8 Å². The number of thioether (sulfide) groups is 1. The number of hydrogen-bond acceptors (Lipinski definition) is 4. The van der Waals surface area contributed by atoms with Crippen LogP contribution in [0.2, 0.25) is 0 Å². The van der Waals surface area contributed by atoms with Crippen molar-refractivity contribution in [3.8, 4) is 5.69 Å². The van der Waals surface area contributed by atoms with E-state index in [9.17, 15) is 9.59 Å². The maximum absolute atomic E-state index is 13.4. The summed E-state index contributed by atoms with van der Waals surface area (Å²) in [6.45, 7) is 7.01. The fourth-order valence-corrected chi connectivity index (χ4v) is 4.88. The van der Waals surface area contributed by atoms with E-state index in [1.54, 1.807) is 10.6 Å². The van der Waals surface area contributed by atoms with Crippen LogP contribution >= 0.6 is 11.8 Å². The van der Waals surface area contributed by atoms with E-state index in [-0.39, 0.29) is 23.3 Å². The lowest BCUT2D eigenvalue weighted by Crippen LogP contribution is -2.43. The van der Waals surface area contributed by atoms with Crippen molar-refractivity contribution in [3.63, 3.8) is 0 Å². The topological polar surface area (TPSA) is 55.2 Å². The van der Waals surface area contributed by atoms with Crippen LogP contribution < -0.4 is 5.56 Å². The molecule has 1 saturated heterocycles. The molecule has 0 N–H and O–H groups in total. The zero-order valence-corrected chi connectivity index (χ0v) is 18.5. The average Bonchev–Trinajstić information content (AvgIpc) is 2.74. The minimum atomic E-state index is -0.106. The van der Waals surface area contributed by atoms with Crippen LogP contribution in [0.1, 0.15) is 37.3 Å². The lowest BCUT2D eigenvalue weighted by atomic mass is 10.0. The molecule has 156 valence electrons. The molecule has 0 bridgehead atoms. The molecule has 1 fully saturated rings. The number of benzene rings is 2. The van der Waals surface area contributed by atoms with Gasteiger partial charge in [-0.1, -0.05) is 30.0 Å². The molecule has 3 aromatic rings. The molecule has 0 radical (unpaired) electrons. The molecule has 1 aromatic heterocycles. The second-order valence-electron chi connectivity index (χ2n) is 8.04. The molecule has 6 heteroatoms. The summed E-state index contributed by atoms with van der Waals surface area (Å²) in [5.41, 5.74) is 3.61. The Kier molecular flexibility index (Phi) is 5.95. The summed E-state index contributed by atoms with van der Waals surface area (Å²) in [5.74, 6) is 0.390. The average molecular weight is 422 g/mol. The second-order valence-corrected chi connectivity index (χ2v) is 8.98. The summed E-state index contributed by atoms with van der Waals surface area (Å²) >= 11 is 1.35. The molecule has 1 aliphatic heterocycles. The Labute approximate surface area is 181 Å². The lowest BCUT2D eigenvalue weighted by Gasteiger charge is -2.33. The van der Waals surface area contributed by atoms with Gasteiger partial charge in [0.25, 0.3) is 5.56 Å². The van der Waals surface area contributed by atoms with E-state index < -0.39 is 0 Å². The van der Waals surface area contributed by atoms with Crippen LogP contribution in [-0.2, 0) is 4.79 Å². The van der Waals surface area contributed by atoms with Gasteiger partial charge in [-0.3, -0.25) is 14.2 Å². The summed E-state index contributed by atoms with van der Waals surface area (Å²) < 4.78 is 1.65. The molecule has 1 atom stereocenters. The molecule has 2 aromatic carbocycles. The standard InChI is InChI=1S/C24H27N3O2S/c1-16-11-12-19(14-17(16)2)27-23(29)20-9-4-5-10-21(20)25-24(27)30-15-22(28)26-13-7-6-8-18(26)3/h4-5,9-12,14,18H,6-8,13,15H2,1-3H3/t18-/m1/s1. The van der Waals surface area contributed by atoms with Crippen LogP contribution in [0.3, 0.4) is 0 Å². The Balaban J connectivity index is 1.73. The van der Waals surface area contributed by atoms with E-state index in [0.29, 0.717) is 16.1 Å². The maximum Gasteiger partial charge on any atom is 0.266 e. The molecule has 0 saturated carbocycles. The third-order valence-corrected chi connectivity index (χ3v) is 6.87. The van der Waals surface area contributed by atoms with Crippen LogP contribution in [-0.4, -0.2) is 38.7 Å². The van der Waals surface area contributed by atoms with Gasteiger partial charge in [0.15, 0.2) is 5.16 Å². The maximum atomic E-state index is 13.4. The monoisotopic (exact) mass is 421 g/mol. The van der Waals surface area contributed by atoms with Crippen molar-refractivity contribution in [2.75, 3.05) is 12.3 Å². The van der Waals surface area contributed by atoms with Crippen LogP contribution in [0.5, 0.6) is 0 Å². The number of para-hydroxylation sites is 1. The summed E-state index contributed by atoms with van der Waals surface area (Å²) in [6.07, 6.45) is 3.29. The summed E-state index contributed by atoms with van der Waals surface area (Å²) in [7, 11) is 0. The number of likely N-dealkylation sites (tertiary alicyclic amines) is 1. The number of nitrogens with zero attached hydrogens (tertiary/aromatic N) is 3. The molecule has 1 aliphatic rings. The number of piperidine rings is 1. The predicted octanol–water partition coefficient (Wildman–Crippen LogP) is 4.50. The first kappa shape index (κ1) is 20.7. The molecule has 0 spiro atoms. The molecule has 5 nitrogen and oxygen atoms in total. The first-order valence-electron chi connectivity index (χ1n) is 10.5. The highest BCUT2D eigenvalue weighted by atomic mass is 32.2. The Morgan fingerprint density at radius 3 is 2.70 bits per heavy atom. The Morgan fingerprint density at radius 2 is 1.93 bits per heavy atom. The normalized spacial score (nSPS) is 16.8. The SMILES string of the molecule is Cc1ccc(-n2c(SCC(=O)N3CCCC[C@H]3C)nc3ccccc3c2=O)cc1C. The first-order chi connectivity index (χ1) is 14.5. The van der Waals surface area contributed by atoms with Gasteiger partial charge in [-0.15, -0.1) is 0 Å². The number of carbonyl (C=O) groups is 1. The molecule has 4 rings (SSSR count). The van der Waals surface area contributed by atoms with Crippen molar-refractivity contribution in [1.82, 2.24) is 14.5 Å². The number of aromatic nitrogens is 2. The van der Waals surface area contributed by atoms with Crippen molar-refractivity contribution in [2.45, 2.75) is 51.2 Å². The molecule has 30 heavy (non-hydrogen) atoms. The highest BCUT2D eigenvalue weighted by molar-refractivity contribution is 7.99. The Morgan fingerprint density at radius 1 is 1.13 bits per heavy atom. The van der Waals surface area contributed by atoms with Gasteiger partial charge in [0.1, 0.15) is 0 Å². The van der Waals surface area contributed by atoms with E-state index in [4.69, 9.17) is 4.98 Å². The third-order valence-electron chi connectivity index (χ3n) is 5.94. The van der Waals surface area contributed by atoms with E-state index in [0.717, 1.165) is 30.6 Å². The molecular formula is C24H27N3O2S. The number of rotatable bonds is 4. The molecule has 1 amide bonds. The van der Waals surface area contributed by atoms with E-state index >= 15 is 0 Å². The number of fused-ring (bicyclic) bond motifs is 1. The predicted molar refractivity (Wildman–Crippen MR) is 123 cm³/mol. The lowest BCUT2D eigenvalue weighted by molar-refractivity contribution is -0.131. The van der Waals surface area contributed by atoms with Gasteiger partial charge in [-0.2, -0.15) is 0 Å². The van der Waals surface area contributed by atoms with Crippen molar-refractivity contribution < 1.29 is 4.79 Å². The van der Waals surface area contributed by atoms with Crippen LogP contribution in [0.25, 0.3) is 16.6 Å². The first-order valence-corrected chi connectivity index (χ1v) is 11.5. The number of hydrogen-bond donors (Lipinski definition) is 0. The van der Waals surface area contributed by atoms with Gasteiger partial charge >= 0.3 is 0 Å². The van der Waals surface area contributed by atoms with Gasteiger partial charge in [-0.05, 0) is 75.4 Å². The quantitative estimate of drug-likeness (QED) is 0.460. The largest absolute Gasteiger partial charge is 0.339 e. The van der Waals surface area contributed by atoms with E-state index in [1.165, 1.54) is 23.7 Å². The number of carbonyl (C=O) groups excluding carboxylic acids is 1. The minimum absolute atomic E-state index is 0.106. The van der Waals surface area contributed by atoms with Crippen molar-refractivity contribution in [2.24, 2.45) is 0 Å². The molecule has 0 aliphatic carbocycles. The zero-order chi connectivity index (χ0) is 21.3. The van der Waals surface area contributed by atoms with Gasteiger partial charge in [0.05, 0.1) is 22.3 Å². The van der Waals surface area contributed by atoms with Crippen molar-refractivity contribution in [1.29, 1.82) is 0 Å². The molecule has 0 unspecified atom stereocenters. The van der Waals surface area contributed by atoms with Crippen LogP contribution in [0.4, 0.5) is 0 Å². The Bertz CT molecular complexity index is 1150. The van der Waals surface area contributed by atoms with E-state index in [1.807, 2.05) is 48.2 Å². The molecule has 2 heterocycles. The van der Waals surface area contributed by atoms with Gasteiger partial charge < -0.3 is 4.90 Å². The number of aryl methyl sites for hydroxylation is 2. The number of amides is 1. The molecular weight excluding hydrogens is 394 g/mol. The van der Waals surface area contributed by atoms with E-state index in [2.05, 4.69) is 13.8 Å². The fraction of sp³-hybridized carbons (Fsp3) is 0.375. The van der Waals surface area contributed by atoms with Crippen LogP contribution in [0.15, 0.2) is 52.4 Å². The van der Waals surface area contributed by atoms with Gasteiger partial charge in [-0.25, -0.2) is 4.98 Å². The minimum Gasteiger partial charge on any atom is -0.339 e. The highest BCUT2D eigenvalue weighted by Gasteiger charge is 2.24. The summed E-state index contributed by atoms with van der Waals surface area (Å²) in [4.78, 5) is 32.9. The van der Waals surface area contributed by atoms with Gasteiger partial charge in [0.2, 0.25) is 5.91 Å². The van der Waals surface area contributed by atoms with Gasteiger partial charge in [0, 0.05) is 12.6 Å². The Hall–Kier alpha value is -2.60. The van der Waals surface area contributed by atoms with Crippen molar-refractivity contribution >= 4 is 28.6 Å². The highest BCUT2D eigenvalue weighted by Crippen LogP contribution is 2.24. The summed E-state index contributed by atoms with van der Waals surface area (Å²) in [5, 5.41) is 1.14.